The summed E-state index contributed by atoms with van der Waals surface area (Å²) < 4.78 is 0. The third kappa shape index (κ3) is 1.95. The molecule has 4 nitrogen and oxygen atoms in total. The molecule has 0 aromatic heterocycles. The number of nitrogens with zero attached hydrogens (tertiary/aromatic N) is 4. The van der Waals surface area contributed by atoms with Crippen molar-refractivity contribution in [3.05, 3.63) is 95.6 Å². The van der Waals surface area contributed by atoms with Gasteiger partial charge >= 0.3 is 0 Å². The number of hydrogen-bond acceptors (Lipinski definition) is 4. The number of benzene rings is 3. The molecule has 6 rings (SSSR count). The number of anilines is 4. The Balaban J connectivity index is 1.66. The zero-order chi connectivity index (χ0) is 18.8. The zero-order valence-electron chi connectivity index (χ0n) is 16.1. The first kappa shape index (κ1) is 15.6. The van der Waals surface area contributed by atoms with E-state index in [1.807, 2.05) is 0 Å². The quantitative estimate of drug-likeness (QED) is 0.570. The van der Waals surface area contributed by atoms with Crippen molar-refractivity contribution in [1.29, 1.82) is 0 Å². The molecule has 0 bridgehead atoms. The smallest absolute Gasteiger partial charge is 0.156 e. The lowest BCUT2D eigenvalue weighted by Crippen LogP contribution is -2.38. The molecule has 0 amide bonds. The Morgan fingerprint density at radius 3 is 1.29 bits per heavy atom. The lowest BCUT2D eigenvalue weighted by Gasteiger charge is -2.34. The fourth-order valence-corrected chi connectivity index (χ4v) is 4.84. The van der Waals surface area contributed by atoms with Crippen molar-refractivity contribution in [2.45, 2.75) is 13.1 Å². The van der Waals surface area contributed by atoms with Gasteiger partial charge in [-0.15, -0.1) is 0 Å². The van der Waals surface area contributed by atoms with Crippen LogP contribution in [0.5, 0.6) is 0 Å². The number of rotatable bonds is 0. The summed E-state index contributed by atoms with van der Waals surface area (Å²) >= 11 is 0. The number of para-hydroxylation sites is 4. The van der Waals surface area contributed by atoms with E-state index in [2.05, 4.69) is 106 Å². The highest BCUT2D eigenvalue weighted by atomic mass is 15.5. The molecule has 0 radical (unpaired) electrons. The van der Waals surface area contributed by atoms with Crippen LogP contribution in [0.4, 0.5) is 22.7 Å². The van der Waals surface area contributed by atoms with Gasteiger partial charge in [-0.05, 0) is 35.4 Å². The second-order valence-electron chi connectivity index (χ2n) is 7.68. The van der Waals surface area contributed by atoms with E-state index in [4.69, 9.17) is 0 Å². The summed E-state index contributed by atoms with van der Waals surface area (Å²) in [6, 6.07) is 26.3. The Morgan fingerprint density at radius 1 is 0.500 bits per heavy atom. The largest absolute Gasteiger partial charge is 0.326 e. The minimum absolute atomic E-state index is 0.883. The molecule has 3 aliphatic rings. The molecule has 0 unspecified atom stereocenters. The molecule has 138 valence electrons. The highest BCUT2D eigenvalue weighted by Gasteiger charge is 2.40. The van der Waals surface area contributed by atoms with Crippen LogP contribution in [-0.4, -0.2) is 14.1 Å². The van der Waals surface area contributed by atoms with Gasteiger partial charge in [0.25, 0.3) is 0 Å². The Morgan fingerprint density at radius 2 is 0.857 bits per heavy atom. The van der Waals surface area contributed by atoms with Crippen LogP contribution >= 0.6 is 0 Å². The van der Waals surface area contributed by atoms with Gasteiger partial charge in [-0.25, -0.2) is 0 Å². The molecular formula is C24H22N4. The van der Waals surface area contributed by atoms with Gasteiger partial charge < -0.3 is 19.6 Å². The van der Waals surface area contributed by atoms with Crippen LogP contribution in [0.1, 0.15) is 11.1 Å². The Kier molecular flexibility index (Phi) is 3.10. The average Bonchev–Trinajstić information content (AvgIpc) is 3.13. The SMILES string of the molecule is CN1/C2=C3\N(C)c4ccccc4N3Cc3ccccc3CN2c2ccccc21. The fraction of sp³-hybridized carbons (Fsp3) is 0.167. The first-order valence-electron chi connectivity index (χ1n) is 9.75. The van der Waals surface area contributed by atoms with E-state index in [0.717, 1.165) is 13.1 Å². The summed E-state index contributed by atoms with van der Waals surface area (Å²) in [7, 11) is 4.37. The highest BCUT2D eigenvalue weighted by molar-refractivity contribution is 5.89. The fourth-order valence-electron chi connectivity index (χ4n) is 4.84. The first-order chi connectivity index (χ1) is 13.7. The summed E-state index contributed by atoms with van der Waals surface area (Å²) in [5.74, 6) is 2.49. The second-order valence-corrected chi connectivity index (χ2v) is 7.68. The maximum Gasteiger partial charge on any atom is 0.156 e. The van der Waals surface area contributed by atoms with Gasteiger partial charge in [-0.1, -0.05) is 48.5 Å². The third-order valence-electron chi connectivity index (χ3n) is 6.19. The Labute approximate surface area is 165 Å². The third-order valence-corrected chi connectivity index (χ3v) is 6.19. The van der Waals surface area contributed by atoms with Crippen LogP contribution in [0.15, 0.2) is 84.4 Å². The van der Waals surface area contributed by atoms with E-state index >= 15 is 0 Å². The predicted molar refractivity (Wildman–Crippen MR) is 116 cm³/mol. The van der Waals surface area contributed by atoms with E-state index < -0.39 is 0 Å². The molecule has 0 fully saturated rings. The maximum absolute atomic E-state index is 2.47. The van der Waals surface area contributed by atoms with Crippen LogP contribution in [0, 0.1) is 0 Å². The summed E-state index contributed by atoms with van der Waals surface area (Å²) in [5, 5.41) is 0. The van der Waals surface area contributed by atoms with Crippen LogP contribution < -0.4 is 19.6 Å². The summed E-state index contributed by atoms with van der Waals surface area (Å²) in [5.41, 5.74) is 7.83. The van der Waals surface area contributed by atoms with Crippen molar-refractivity contribution >= 4 is 22.7 Å². The Hall–Kier alpha value is -3.40. The van der Waals surface area contributed by atoms with Gasteiger partial charge in [-0.2, -0.15) is 0 Å². The minimum Gasteiger partial charge on any atom is -0.326 e. The van der Waals surface area contributed by atoms with Gasteiger partial charge in [0.1, 0.15) is 0 Å². The van der Waals surface area contributed by atoms with Crippen molar-refractivity contribution in [2.75, 3.05) is 33.7 Å². The maximum atomic E-state index is 2.47. The minimum atomic E-state index is 0.883. The number of hydrogen-bond donors (Lipinski definition) is 0. The molecule has 0 saturated heterocycles. The molecule has 3 aromatic rings. The molecular weight excluding hydrogens is 344 g/mol. The average molecular weight is 366 g/mol. The first-order valence-corrected chi connectivity index (χ1v) is 9.75. The molecule has 0 N–H and O–H groups in total. The van der Waals surface area contributed by atoms with E-state index in [-0.39, 0.29) is 0 Å². The van der Waals surface area contributed by atoms with Crippen molar-refractivity contribution in [1.82, 2.24) is 0 Å². The summed E-state index contributed by atoms with van der Waals surface area (Å²) in [6.07, 6.45) is 0. The Bertz CT molecular complexity index is 1040. The topological polar surface area (TPSA) is 13.0 Å². The van der Waals surface area contributed by atoms with Gasteiger partial charge in [0, 0.05) is 14.1 Å². The standard InChI is InChI=1S/C24H22N4/c1-25-19-11-5-7-13-21(19)27-15-17-9-3-4-10-18(17)16-28-22-14-8-6-12-20(22)26(2)24(28)23(25)27/h3-14H,15-16H2,1-2H3/b24-23-. The van der Waals surface area contributed by atoms with Gasteiger partial charge in [0.2, 0.25) is 0 Å². The normalized spacial score (nSPS) is 19.5. The molecule has 0 spiro atoms. The van der Waals surface area contributed by atoms with Crippen LogP contribution in [-0.2, 0) is 13.1 Å². The molecule has 3 aromatic carbocycles. The zero-order valence-corrected chi connectivity index (χ0v) is 16.1. The van der Waals surface area contributed by atoms with E-state index in [1.54, 1.807) is 0 Å². The molecule has 4 heteroatoms. The molecule has 0 aliphatic carbocycles. The van der Waals surface area contributed by atoms with Gasteiger partial charge in [0.05, 0.1) is 35.8 Å². The highest BCUT2D eigenvalue weighted by Crippen LogP contribution is 2.49. The van der Waals surface area contributed by atoms with Gasteiger partial charge in [0.15, 0.2) is 11.6 Å². The van der Waals surface area contributed by atoms with Crippen LogP contribution in [0.2, 0.25) is 0 Å². The summed E-state index contributed by atoms with van der Waals surface area (Å²) in [6.45, 7) is 1.77. The summed E-state index contributed by atoms with van der Waals surface area (Å²) in [4.78, 5) is 9.62. The van der Waals surface area contributed by atoms with Crippen molar-refractivity contribution < 1.29 is 0 Å². The van der Waals surface area contributed by atoms with Crippen molar-refractivity contribution in [2.24, 2.45) is 0 Å². The molecule has 0 saturated carbocycles. The molecule has 3 heterocycles. The monoisotopic (exact) mass is 366 g/mol. The van der Waals surface area contributed by atoms with Crippen LogP contribution in [0.3, 0.4) is 0 Å². The molecule has 28 heavy (non-hydrogen) atoms. The second kappa shape index (κ2) is 5.55. The molecule has 0 atom stereocenters. The molecule has 3 aliphatic heterocycles. The van der Waals surface area contributed by atoms with E-state index in [0.29, 0.717) is 0 Å². The van der Waals surface area contributed by atoms with Crippen molar-refractivity contribution in [3.8, 4) is 0 Å². The predicted octanol–water partition coefficient (Wildman–Crippen LogP) is 4.74. The van der Waals surface area contributed by atoms with Crippen molar-refractivity contribution in [3.63, 3.8) is 0 Å². The lowest BCUT2D eigenvalue weighted by molar-refractivity contribution is 0.791. The van der Waals surface area contributed by atoms with Crippen LogP contribution in [0.25, 0.3) is 0 Å². The number of fused-ring (bicyclic) bond motifs is 7. The van der Waals surface area contributed by atoms with E-state index in [1.165, 1.54) is 45.5 Å². The lowest BCUT2D eigenvalue weighted by atomic mass is 10.0. The van der Waals surface area contributed by atoms with Gasteiger partial charge in [-0.3, -0.25) is 0 Å². The van der Waals surface area contributed by atoms with E-state index in [9.17, 15) is 0 Å².